The van der Waals surface area contributed by atoms with Crippen LogP contribution in [-0.4, -0.2) is 33.1 Å². The lowest BCUT2D eigenvalue weighted by Crippen LogP contribution is -2.55. The fraction of sp³-hybridized carbons (Fsp3) is 0.385. The van der Waals surface area contributed by atoms with Gasteiger partial charge in [-0.25, -0.2) is 14.2 Å². The van der Waals surface area contributed by atoms with E-state index in [-0.39, 0.29) is 23.8 Å². The summed E-state index contributed by atoms with van der Waals surface area (Å²) in [6.45, 7) is 8.10. The largest absolute Gasteiger partial charge is 0.335 e. The first-order chi connectivity index (χ1) is 15.4. The van der Waals surface area contributed by atoms with Crippen LogP contribution >= 0.6 is 0 Å². The van der Waals surface area contributed by atoms with E-state index >= 15 is 0 Å². The van der Waals surface area contributed by atoms with E-state index < -0.39 is 5.54 Å². The number of amides is 1. The number of carbonyl (C=O) groups is 1. The second-order valence-electron chi connectivity index (χ2n) is 9.40. The first kappa shape index (κ1) is 20.9. The molecule has 0 aliphatic carbocycles. The third kappa shape index (κ3) is 3.34. The minimum absolute atomic E-state index is 0.145. The lowest BCUT2D eigenvalue weighted by Gasteiger charge is -2.47. The maximum absolute atomic E-state index is 14.1. The number of anilines is 1. The number of fused-ring (bicyclic) bond motifs is 2. The van der Waals surface area contributed by atoms with Crippen molar-refractivity contribution >= 4 is 11.7 Å². The molecule has 0 N–H and O–H groups in total. The second-order valence-corrected chi connectivity index (χ2v) is 9.40. The SMILES string of the molecule is CC(C)c1cn2c(n1)[C@@]1(CCN(Cc3ccccc3)C(C)C1)N(c1cccc(F)c1)C2=O. The molecule has 1 spiro atoms. The van der Waals surface area contributed by atoms with Gasteiger partial charge in [0.15, 0.2) is 0 Å². The predicted octanol–water partition coefficient (Wildman–Crippen LogP) is 5.51. The summed E-state index contributed by atoms with van der Waals surface area (Å²) in [6, 6.07) is 16.9. The molecule has 166 valence electrons. The third-order valence-corrected chi connectivity index (χ3v) is 6.92. The van der Waals surface area contributed by atoms with Gasteiger partial charge in [0.05, 0.1) is 5.69 Å². The number of likely N-dealkylation sites (tertiary alicyclic amines) is 1. The zero-order valence-corrected chi connectivity index (χ0v) is 18.8. The lowest BCUT2D eigenvalue weighted by molar-refractivity contribution is 0.0967. The van der Waals surface area contributed by atoms with Gasteiger partial charge in [0, 0.05) is 31.0 Å². The average Bonchev–Trinajstić information content (AvgIpc) is 3.30. The highest BCUT2D eigenvalue weighted by Crippen LogP contribution is 2.48. The summed E-state index contributed by atoms with van der Waals surface area (Å²) >= 11 is 0. The fourth-order valence-electron chi connectivity index (χ4n) is 5.24. The van der Waals surface area contributed by atoms with Crippen LogP contribution in [0, 0.1) is 5.82 Å². The first-order valence-electron chi connectivity index (χ1n) is 11.4. The van der Waals surface area contributed by atoms with Gasteiger partial charge in [0.25, 0.3) is 0 Å². The van der Waals surface area contributed by atoms with Gasteiger partial charge in [-0.15, -0.1) is 0 Å². The summed E-state index contributed by atoms with van der Waals surface area (Å²) in [4.78, 5) is 22.8. The van der Waals surface area contributed by atoms with Crippen LogP contribution in [-0.2, 0) is 12.1 Å². The van der Waals surface area contributed by atoms with Crippen LogP contribution in [0.5, 0.6) is 0 Å². The molecule has 3 heterocycles. The number of halogens is 1. The zero-order valence-electron chi connectivity index (χ0n) is 18.8. The molecule has 1 unspecified atom stereocenters. The molecule has 6 heteroatoms. The van der Waals surface area contributed by atoms with Crippen molar-refractivity contribution in [1.82, 2.24) is 14.5 Å². The van der Waals surface area contributed by atoms with Crippen molar-refractivity contribution < 1.29 is 9.18 Å². The molecule has 5 rings (SSSR count). The number of imidazole rings is 1. The number of piperidine rings is 1. The summed E-state index contributed by atoms with van der Waals surface area (Å²) in [5.74, 6) is 0.685. The molecular formula is C26H29FN4O. The highest BCUT2D eigenvalue weighted by molar-refractivity contribution is 5.98. The molecule has 32 heavy (non-hydrogen) atoms. The van der Waals surface area contributed by atoms with Crippen LogP contribution < -0.4 is 4.90 Å². The van der Waals surface area contributed by atoms with E-state index in [4.69, 9.17) is 4.98 Å². The first-order valence-corrected chi connectivity index (χ1v) is 11.4. The molecule has 2 aliphatic heterocycles. The van der Waals surface area contributed by atoms with E-state index in [2.05, 4.69) is 49.9 Å². The minimum atomic E-state index is -0.579. The second kappa shape index (κ2) is 7.85. The molecule has 1 aromatic heterocycles. The van der Waals surface area contributed by atoms with E-state index in [1.54, 1.807) is 15.5 Å². The maximum atomic E-state index is 14.1. The number of rotatable bonds is 4. The molecule has 2 aromatic carbocycles. The number of carbonyl (C=O) groups excluding carboxylic acids is 1. The van der Waals surface area contributed by atoms with Crippen molar-refractivity contribution in [2.24, 2.45) is 0 Å². The van der Waals surface area contributed by atoms with E-state index in [0.717, 1.165) is 37.4 Å². The molecule has 5 nitrogen and oxygen atoms in total. The molecular weight excluding hydrogens is 403 g/mol. The van der Waals surface area contributed by atoms with Gasteiger partial charge in [-0.1, -0.05) is 50.2 Å². The number of hydrogen-bond donors (Lipinski definition) is 0. The van der Waals surface area contributed by atoms with E-state index in [9.17, 15) is 9.18 Å². The van der Waals surface area contributed by atoms with Crippen molar-refractivity contribution in [2.75, 3.05) is 11.4 Å². The standard InChI is InChI=1S/C26H29FN4O/c1-18(2)23-17-30-24(28-23)26(31(25(30)32)22-11-7-10-21(27)14-22)12-13-29(19(3)15-26)16-20-8-5-4-6-9-20/h4-11,14,17-19H,12-13,15-16H2,1-3H3/t19?,26-/m0/s1. The van der Waals surface area contributed by atoms with Gasteiger partial charge in [0.1, 0.15) is 17.2 Å². The normalized spacial score (nSPS) is 23.3. The summed E-state index contributed by atoms with van der Waals surface area (Å²) in [5, 5.41) is 0. The maximum Gasteiger partial charge on any atom is 0.335 e. The molecule has 3 aromatic rings. The molecule has 0 saturated carbocycles. The summed E-state index contributed by atoms with van der Waals surface area (Å²) < 4.78 is 15.8. The van der Waals surface area contributed by atoms with Crippen molar-refractivity contribution in [1.29, 1.82) is 0 Å². The van der Waals surface area contributed by atoms with Crippen LogP contribution in [0.1, 0.15) is 56.6 Å². The van der Waals surface area contributed by atoms with Gasteiger partial charge in [-0.05, 0) is 49.4 Å². The Morgan fingerprint density at radius 1 is 1.16 bits per heavy atom. The Kier molecular flexibility index (Phi) is 5.13. The number of hydrogen-bond acceptors (Lipinski definition) is 3. The van der Waals surface area contributed by atoms with Gasteiger partial charge in [-0.3, -0.25) is 14.4 Å². The fourth-order valence-corrected chi connectivity index (χ4v) is 5.24. The Labute approximate surface area is 188 Å². The minimum Gasteiger partial charge on any atom is -0.296 e. The predicted molar refractivity (Wildman–Crippen MR) is 123 cm³/mol. The molecule has 1 saturated heterocycles. The molecule has 1 fully saturated rings. The zero-order chi connectivity index (χ0) is 22.5. The Balaban J connectivity index is 1.54. The monoisotopic (exact) mass is 432 g/mol. The van der Waals surface area contributed by atoms with Gasteiger partial charge in [0.2, 0.25) is 0 Å². The van der Waals surface area contributed by atoms with E-state index in [1.807, 2.05) is 18.3 Å². The Morgan fingerprint density at radius 2 is 1.94 bits per heavy atom. The Hall–Kier alpha value is -2.99. The third-order valence-electron chi connectivity index (χ3n) is 6.92. The van der Waals surface area contributed by atoms with Gasteiger partial charge < -0.3 is 0 Å². The van der Waals surface area contributed by atoms with Crippen LogP contribution in [0.25, 0.3) is 0 Å². The average molecular weight is 433 g/mol. The van der Waals surface area contributed by atoms with Crippen molar-refractivity contribution in [2.45, 2.75) is 57.7 Å². The highest BCUT2D eigenvalue weighted by atomic mass is 19.1. The molecule has 0 bridgehead atoms. The van der Waals surface area contributed by atoms with Crippen molar-refractivity contribution in [3.05, 3.63) is 83.7 Å². The van der Waals surface area contributed by atoms with Crippen molar-refractivity contribution in [3.63, 3.8) is 0 Å². The number of aromatic nitrogens is 2. The molecule has 2 aliphatic rings. The van der Waals surface area contributed by atoms with Crippen LogP contribution in [0.3, 0.4) is 0 Å². The lowest BCUT2D eigenvalue weighted by atomic mass is 9.81. The van der Waals surface area contributed by atoms with Gasteiger partial charge in [-0.2, -0.15) is 0 Å². The number of benzene rings is 2. The molecule has 2 atom stereocenters. The van der Waals surface area contributed by atoms with E-state index in [1.165, 1.54) is 17.7 Å². The van der Waals surface area contributed by atoms with Crippen LogP contribution in [0.2, 0.25) is 0 Å². The summed E-state index contributed by atoms with van der Waals surface area (Å²) in [5.41, 5.74) is 2.22. The topological polar surface area (TPSA) is 41.4 Å². The quantitative estimate of drug-likeness (QED) is 0.546. The Bertz CT molecular complexity index is 1140. The summed E-state index contributed by atoms with van der Waals surface area (Å²) in [6.07, 6.45) is 3.36. The molecule has 1 amide bonds. The van der Waals surface area contributed by atoms with Gasteiger partial charge >= 0.3 is 6.03 Å². The Morgan fingerprint density at radius 3 is 2.62 bits per heavy atom. The van der Waals surface area contributed by atoms with Crippen molar-refractivity contribution in [3.8, 4) is 0 Å². The molecule has 0 radical (unpaired) electrons. The smallest absolute Gasteiger partial charge is 0.296 e. The van der Waals surface area contributed by atoms with Crippen LogP contribution in [0.4, 0.5) is 14.9 Å². The summed E-state index contributed by atoms with van der Waals surface area (Å²) in [7, 11) is 0. The van der Waals surface area contributed by atoms with E-state index in [0.29, 0.717) is 5.69 Å². The number of nitrogens with zero attached hydrogens (tertiary/aromatic N) is 4. The van der Waals surface area contributed by atoms with Crippen LogP contribution in [0.15, 0.2) is 60.8 Å². The highest BCUT2D eigenvalue weighted by Gasteiger charge is 2.55.